The third-order valence-electron chi connectivity index (χ3n) is 2.94. The van der Waals surface area contributed by atoms with Crippen LogP contribution in [0.4, 0.5) is 13.2 Å². The molecule has 0 aliphatic carbocycles. The molecule has 1 unspecified atom stereocenters. The van der Waals surface area contributed by atoms with E-state index >= 15 is 0 Å². The van der Waals surface area contributed by atoms with Crippen molar-refractivity contribution in [2.45, 2.75) is 37.1 Å². The molecule has 1 rings (SSSR count). The van der Waals surface area contributed by atoms with Crippen molar-refractivity contribution in [2.24, 2.45) is 16.8 Å². The van der Waals surface area contributed by atoms with Crippen molar-refractivity contribution < 1.29 is 18.4 Å². The summed E-state index contributed by atoms with van der Waals surface area (Å²) in [7, 11) is 0. The quantitative estimate of drug-likeness (QED) is 0.291. The Balaban J connectivity index is 3.24. The number of nitrogens with zero attached hydrogens (tertiary/aromatic N) is 1. The summed E-state index contributed by atoms with van der Waals surface area (Å²) in [6.45, 7) is 6.01. The summed E-state index contributed by atoms with van der Waals surface area (Å²) in [5.74, 6) is 0.0250. The molecule has 7 heteroatoms. The number of thioether (sulfide) groups is 1. The van der Waals surface area contributed by atoms with E-state index in [1.165, 1.54) is 17.8 Å². The summed E-state index contributed by atoms with van der Waals surface area (Å²) in [5, 5.41) is 11.7. The minimum Gasteiger partial charge on any atom is -0.409 e. The summed E-state index contributed by atoms with van der Waals surface area (Å²) in [6.07, 6.45) is -4.46. The number of rotatable bonds is 4. The Bertz CT molecular complexity index is 501. The molecule has 0 radical (unpaired) electrons. The molecule has 0 fully saturated rings. The molecule has 0 aliphatic rings. The topological polar surface area (TPSA) is 58.6 Å². The van der Waals surface area contributed by atoms with E-state index in [1.807, 2.05) is 20.8 Å². The van der Waals surface area contributed by atoms with Crippen LogP contribution in [0.25, 0.3) is 0 Å². The standard InChI is InChI=1S/C13H17F3N2OS/c1-7(2)8(3)20-11-5-4-9(13(14,15)16)6-10(11)12(17)18-19/h4-8,19H,1-3H3,(H2,17,18). The Morgan fingerprint density at radius 3 is 2.35 bits per heavy atom. The van der Waals surface area contributed by atoms with Crippen molar-refractivity contribution in [1.29, 1.82) is 0 Å². The number of alkyl halides is 3. The van der Waals surface area contributed by atoms with Gasteiger partial charge in [0.05, 0.1) is 5.56 Å². The minimum absolute atomic E-state index is 0.0971. The van der Waals surface area contributed by atoms with Crippen LogP contribution in [0.3, 0.4) is 0 Å². The number of amidine groups is 1. The fraction of sp³-hybridized carbons (Fsp3) is 0.462. The van der Waals surface area contributed by atoms with Gasteiger partial charge in [0, 0.05) is 15.7 Å². The van der Waals surface area contributed by atoms with Gasteiger partial charge in [-0.25, -0.2) is 0 Å². The largest absolute Gasteiger partial charge is 0.416 e. The zero-order valence-electron chi connectivity index (χ0n) is 11.4. The highest BCUT2D eigenvalue weighted by Gasteiger charge is 2.31. The van der Waals surface area contributed by atoms with Crippen LogP contribution in [0.1, 0.15) is 31.9 Å². The maximum Gasteiger partial charge on any atom is 0.416 e. The molecule has 1 atom stereocenters. The number of hydrogen-bond donors (Lipinski definition) is 2. The number of benzene rings is 1. The van der Waals surface area contributed by atoms with Crippen LogP contribution < -0.4 is 5.73 Å². The SMILES string of the molecule is CC(C)C(C)Sc1ccc(C(F)(F)F)cc1/C(N)=N/O. The van der Waals surface area contributed by atoms with Crippen LogP contribution in [0.2, 0.25) is 0 Å². The second-order valence-corrected chi connectivity index (χ2v) is 6.18. The Hall–Kier alpha value is -1.37. The van der Waals surface area contributed by atoms with Crippen LogP contribution in [0.15, 0.2) is 28.3 Å². The number of nitrogens with two attached hydrogens (primary N) is 1. The predicted octanol–water partition coefficient (Wildman–Crippen LogP) is 3.94. The predicted molar refractivity (Wildman–Crippen MR) is 74.1 cm³/mol. The van der Waals surface area contributed by atoms with Crippen molar-refractivity contribution in [1.82, 2.24) is 0 Å². The van der Waals surface area contributed by atoms with Gasteiger partial charge in [-0.3, -0.25) is 0 Å². The van der Waals surface area contributed by atoms with Crippen LogP contribution in [0, 0.1) is 5.92 Å². The molecule has 1 aromatic carbocycles. The fourth-order valence-electron chi connectivity index (χ4n) is 1.40. The average Bonchev–Trinajstić information content (AvgIpc) is 2.36. The molecule has 0 aliphatic heterocycles. The fourth-order valence-corrected chi connectivity index (χ4v) is 2.51. The molecule has 0 aromatic heterocycles. The highest BCUT2D eigenvalue weighted by Crippen LogP contribution is 2.35. The van der Waals surface area contributed by atoms with E-state index in [0.717, 1.165) is 12.1 Å². The van der Waals surface area contributed by atoms with E-state index in [4.69, 9.17) is 10.9 Å². The van der Waals surface area contributed by atoms with Gasteiger partial charge < -0.3 is 10.9 Å². The van der Waals surface area contributed by atoms with Crippen molar-refractivity contribution in [3.63, 3.8) is 0 Å². The molecule has 0 saturated heterocycles. The normalized spacial score (nSPS) is 14.7. The van der Waals surface area contributed by atoms with E-state index in [9.17, 15) is 13.2 Å². The van der Waals surface area contributed by atoms with Gasteiger partial charge in [-0.15, -0.1) is 11.8 Å². The molecule has 0 bridgehead atoms. The van der Waals surface area contributed by atoms with E-state index in [-0.39, 0.29) is 16.6 Å². The molecule has 0 heterocycles. The Kier molecular flexibility index (Phi) is 5.33. The molecule has 112 valence electrons. The van der Waals surface area contributed by atoms with Crippen LogP contribution in [-0.4, -0.2) is 16.3 Å². The van der Waals surface area contributed by atoms with E-state index in [0.29, 0.717) is 10.8 Å². The van der Waals surface area contributed by atoms with E-state index < -0.39 is 11.7 Å². The number of hydrogen-bond acceptors (Lipinski definition) is 3. The zero-order chi connectivity index (χ0) is 15.5. The van der Waals surface area contributed by atoms with Gasteiger partial charge in [0.2, 0.25) is 0 Å². The summed E-state index contributed by atoms with van der Waals surface area (Å²) in [5.41, 5.74) is 4.76. The molecule has 0 spiro atoms. The Morgan fingerprint density at radius 1 is 1.30 bits per heavy atom. The molecular formula is C13H17F3N2OS. The highest BCUT2D eigenvalue weighted by atomic mass is 32.2. The van der Waals surface area contributed by atoms with Gasteiger partial charge in [0.1, 0.15) is 0 Å². The molecule has 3 N–H and O–H groups in total. The van der Waals surface area contributed by atoms with Crippen molar-refractivity contribution in [3.05, 3.63) is 29.3 Å². The molecule has 3 nitrogen and oxygen atoms in total. The Labute approximate surface area is 120 Å². The molecule has 20 heavy (non-hydrogen) atoms. The second kappa shape index (κ2) is 6.39. The third kappa shape index (κ3) is 4.06. The lowest BCUT2D eigenvalue weighted by Gasteiger charge is -2.18. The zero-order valence-corrected chi connectivity index (χ0v) is 12.2. The van der Waals surface area contributed by atoms with Gasteiger partial charge in [-0.05, 0) is 24.1 Å². The maximum atomic E-state index is 12.7. The van der Waals surface area contributed by atoms with Gasteiger partial charge in [-0.2, -0.15) is 13.2 Å². The first-order valence-electron chi connectivity index (χ1n) is 6.02. The van der Waals surface area contributed by atoms with Crippen molar-refractivity contribution in [2.75, 3.05) is 0 Å². The molecule has 1 aromatic rings. The highest BCUT2D eigenvalue weighted by molar-refractivity contribution is 8.00. The molecule has 0 amide bonds. The third-order valence-corrected chi connectivity index (χ3v) is 4.47. The van der Waals surface area contributed by atoms with Crippen molar-refractivity contribution >= 4 is 17.6 Å². The first kappa shape index (κ1) is 16.7. The van der Waals surface area contributed by atoms with E-state index in [2.05, 4.69) is 5.16 Å². The lowest BCUT2D eigenvalue weighted by atomic mass is 10.1. The monoisotopic (exact) mass is 306 g/mol. The van der Waals surface area contributed by atoms with E-state index in [1.54, 1.807) is 0 Å². The maximum absolute atomic E-state index is 12.7. The van der Waals surface area contributed by atoms with Gasteiger partial charge >= 0.3 is 6.18 Å². The average molecular weight is 306 g/mol. The minimum atomic E-state index is -4.46. The summed E-state index contributed by atoms with van der Waals surface area (Å²) < 4.78 is 38.1. The number of halogens is 3. The lowest BCUT2D eigenvalue weighted by Crippen LogP contribution is -2.17. The molecular weight excluding hydrogens is 289 g/mol. The van der Waals surface area contributed by atoms with Crippen LogP contribution in [0.5, 0.6) is 0 Å². The first-order valence-corrected chi connectivity index (χ1v) is 6.90. The summed E-state index contributed by atoms with van der Waals surface area (Å²) in [4.78, 5) is 0.564. The van der Waals surface area contributed by atoms with Crippen molar-refractivity contribution in [3.8, 4) is 0 Å². The Morgan fingerprint density at radius 2 is 1.90 bits per heavy atom. The summed E-state index contributed by atoms with van der Waals surface area (Å²) >= 11 is 1.40. The smallest absolute Gasteiger partial charge is 0.409 e. The van der Waals surface area contributed by atoms with Gasteiger partial charge in [0.15, 0.2) is 5.84 Å². The lowest BCUT2D eigenvalue weighted by molar-refractivity contribution is -0.137. The van der Waals surface area contributed by atoms with Gasteiger partial charge in [-0.1, -0.05) is 25.9 Å². The van der Waals surface area contributed by atoms with Gasteiger partial charge in [0.25, 0.3) is 0 Å². The number of oxime groups is 1. The van der Waals surface area contributed by atoms with Crippen LogP contribution >= 0.6 is 11.8 Å². The van der Waals surface area contributed by atoms with Crippen LogP contribution in [-0.2, 0) is 6.18 Å². The summed E-state index contributed by atoms with van der Waals surface area (Å²) in [6, 6.07) is 3.27. The molecule has 0 saturated carbocycles. The second-order valence-electron chi connectivity index (χ2n) is 4.76. The first-order chi connectivity index (χ1) is 9.16.